The lowest BCUT2D eigenvalue weighted by atomic mass is 10.2. The van der Waals surface area contributed by atoms with E-state index in [0.29, 0.717) is 12.2 Å². The van der Waals surface area contributed by atoms with Gasteiger partial charge in [0.1, 0.15) is 0 Å². The Morgan fingerprint density at radius 2 is 1.74 bits per heavy atom. The number of halogens is 1. The number of hydrogen-bond donors (Lipinski definition) is 1. The lowest BCUT2D eigenvalue weighted by molar-refractivity contribution is -0.384. The average molecular weight is 389 g/mol. The summed E-state index contributed by atoms with van der Waals surface area (Å²) in [6, 6.07) is 13.7. The highest BCUT2D eigenvalue weighted by molar-refractivity contribution is 6.30. The molecule has 1 heterocycles. The van der Waals surface area contributed by atoms with Gasteiger partial charge >= 0.3 is 0 Å². The Morgan fingerprint density at radius 3 is 2.37 bits per heavy atom. The lowest BCUT2D eigenvalue weighted by Crippen LogP contribution is -2.48. The highest BCUT2D eigenvalue weighted by atomic mass is 35.5. The number of nitro groups is 1. The summed E-state index contributed by atoms with van der Waals surface area (Å²) < 4.78 is 0. The first-order valence-electron chi connectivity index (χ1n) is 8.73. The third-order valence-corrected chi connectivity index (χ3v) is 4.72. The van der Waals surface area contributed by atoms with Crippen molar-refractivity contribution in [3.63, 3.8) is 0 Å². The Labute approximate surface area is 162 Å². The van der Waals surface area contributed by atoms with E-state index in [-0.39, 0.29) is 11.6 Å². The van der Waals surface area contributed by atoms with Crippen LogP contribution in [0.1, 0.15) is 5.56 Å². The van der Waals surface area contributed by atoms with Gasteiger partial charge in [-0.15, -0.1) is 0 Å². The lowest BCUT2D eigenvalue weighted by Gasteiger charge is -2.34. The molecule has 27 heavy (non-hydrogen) atoms. The van der Waals surface area contributed by atoms with Crippen LogP contribution in [-0.4, -0.2) is 53.4 Å². The van der Waals surface area contributed by atoms with Gasteiger partial charge in [0.15, 0.2) is 0 Å². The third-order valence-electron chi connectivity index (χ3n) is 4.49. The van der Waals surface area contributed by atoms with Gasteiger partial charge in [-0.1, -0.05) is 23.7 Å². The van der Waals surface area contributed by atoms with Gasteiger partial charge in [-0.05, 0) is 29.8 Å². The predicted octanol–water partition coefficient (Wildman–Crippen LogP) is 3.00. The monoisotopic (exact) mass is 388 g/mol. The zero-order valence-electron chi connectivity index (χ0n) is 14.8. The standard InChI is InChI=1S/C19H21ClN4O3/c20-16-3-1-2-15(12-16)13-22-8-10-23(11-9-22)14-19(25)21-17-4-6-18(7-5-17)24(26)27/h1-7,12H,8-11,13-14H2,(H,21,25). The van der Waals surface area contributed by atoms with Crippen molar-refractivity contribution < 1.29 is 9.72 Å². The number of benzene rings is 2. The van der Waals surface area contributed by atoms with E-state index in [0.717, 1.165) is 37.7 Å². The van der Waals surface area contributed by atoms with Crippen LogP contribution in [0, 0.1) is 10.1 Å². The van der Waals surface area contributed by atoms with Crippen molar-refractivity contribution in [2.45, 2.75) is 6.54 Å². The third kappa shape index (κ3) is 5.75. The van der Waals surface area contributed by atoms with Crippen molar-refractivity contribution in [1.29, 1.82) is 0 Å². The molecule has 0 spiro atoms. The number of piperazine rings is 1. The van der Waals surface area contributed by atoms with Crippen LogP contribution < -0.4 is 5.32 Å². The predicted molar refractivity (Wildman–Crippen MR) is 105 cm³/mol. The van der Waals surface area contributed by atoms with Crippen LogP contribution >= 0.6 is 11.6 Å². The van der Waals surface area contributed by atoms with Gasteiger partial charge in [0.2, 0.25) is 5.91 Å². The molecule has 0 aromatic heterocycles. The molecule has 0 saturated carbocycles. The molecular formula is C19H21ClN4O3. The van der Waals surface area contributed by atoms with Crippen LogP contribution in [0.3, 0.4) is 0 Å². The molecule has 2 aromatic carbocycles. The van der Waals surface area contributed by atoms with Crippen molar-refractivity contribution in [3.8, 4) is 0 Å². The molecule has 0 aliphatic carbocycles. The van der Waals surface area contributed by atoms with Gasteiger partial charge in [0.05, 0.1) is 11.5 Å². The maximum absolute atomic E-state index is 12.2. The zero-order chi connectivity index (χ0) is 19.2. The minimum absolute atomic E-state index is 0.00354. The topological polar surface area (TPSA) is 78.7 Å². The second-order valence-corrected chi connectivity index (χ2v) is 6.97. The fourth-order valence-electron chi connectivity index (χ4n) is 3.07. The fraction of sp³-hybridized carbons (Fsp3) is 0.316. The van der Waals surface area contributed by atoms with Crippen LogP contribution in [0.25, 0.3) is 0 Å². The Balaban J connectivity index is 1.43. The van der Waals surface area contributed by atoms with E-state index in [1.807, 2.05) is 18.2 Å². The van der Waals surface area contributed by atoms with Gasteiger partial charge in [-0.25, -0.2) is 0 Å². The molecule has 1 saturated heterocycles. The summed E-state index contributed by atoms with van der Waals surface area (Å²) in [6.07, 6.45) is 0. The van der Waals surface area contributed by atoms with Crippen molar-refractivity contribution in [2.75, 3.05) is 38.0 Å². The number of nitrogens with one attached hydrogen (secondary N) is 1. The molecule has 8 heteroatoms. The zero-order valence-corrected chi connectivity index (χ0v) is 15.6. The fourth-order valence-corrected chi connectivity index (χ4v) is 3.28. The summed E-state index contributed by atoms with van der Waals surface area (Å²) in [4.78, 5) is 26.8. The number of carbonyl (C=O) groups excluding carboxylic acids is 1. The summed E-state index contributed by atoms with van der Waals surface area (Å²) in [6.45, 7) is 4.56. The van der Waals surface area contributed by atoms with Gasteiger partial charge in [-0.3, -0.25) is 24.7 Å². The summed E-state index contributed by atoms with van der Waals surface area (Å²) in [5.74, 6) is -0.118. The van der Waals surface area contributed by atoms with Crippen molar-refractivity contribution in [2.24, 2.45) is 0 Å². The number of nitrogens with zero attached hydrogens (tertiary/aromatic N) is 3. The van der Waals surface area contributed by atoms with Crippen molar-refractivity contribution in [3.05, 3.63) is 69.2 Å². The molecule has 0 atom stereocenters. The minimum atomic E-state index is -0.464. The molecule has 1 fully saturated rings. The molecule has 1 amide bonds. The van der Waals surface area contributed by atoms with Crippen LogP contribution in [0.15, 0.2) is 48.5 Å². The Kier molecular flexibility index (Phi) is 6.39. The van der Waals surface area contributed by atoms with Crippen LogP contribution in [-0.2, 0) is 11.3 Å². The van der Waals surface area contributed by atoms with Crippen LogP contribution in [0.2, 0.25) is 5.02 Å². The molecule has 0 radical (unpaired) electrons. The molecule has 7 nitrogen and oxygen atoms in total. The number of non-ortho nitro benzene ring substituents is 1. The van der Waals surface area contributed by atoms with E-state index >= 15 is 0 Å². The van der Waals surface area contributed by atoms with E-state index < -0.39 is 4.92 Å². The normalized spacial score (nSPS) is 15.4. The highest BCUT2D eigenvalue weighted by Gasteiger charge is 2.19. The Morgan fingerprint density at radius 1 is 1.07 bits per heavy atom. The maximum atomic E-state index is 12.2. The first-order valence-corrected chi connectivity index (χ1v) is 9.11. The smallest absolute Gasteiger partial charge is 0.269 e. The van der Waals surface area contributed by atoms with E-state index in [1.165, 1.54) is 17.7 Å². The van der Waals surface area contributed by atoms with E-state index in [1.54, 1.807) is 12.1 Å². The minimum Gasteiger partial charge on any atom is -0.325 e. The molecule has 1 aliphatic rings. The summed E-state index contributed by atoms with van der Waals surface area (Å²) in [5.41, 5.74) is 1.75. The Bertz CT molecular complexity index is 805. The van der Waals surface area contributed by atoms with Crippen molar-refractivity contribution >= 4 is 28.9 Å². The van der Waals surface area contributed by atoms with Gasteiger partial charge in [-0.2, -0.15) is 0 Å². The summed E-state index contributed by atoms with van der Waals surface area (Å²) in [5, 5.41) is 14.2. The molecule has 3 rings (SSSR count). The van der Waals surface area contributed by atoms with Gasteiger partial charge < -0.3 is 5.32 Å². The first-order chi connectivity index (χ1) is 13.0. The number of nitro benzene ring substituents is 1. The number of anilines is 1. The highest BCUT2D eigenvalue weighted by Crippen LogP contribution is 2.16. The Hall–Kier alpha value is -2.48. The molecule has 1 aliphatic heterocycles. The van der Waals surface area contributed by atoms with E-state index in [4.69, 9.17) is 11.6 Å². The largest absolute Gasteiger partial charge is 0.325 e. The number of carbonyl (C=O) groups is 1. The molecule has 2 aromatic rings. The molecule has 0 unspecified atom stereocenters. The maximum Gasteiger partial charge on any atom is 0.269 e. The van der Waals surface area contributed by atoms with Gasteiger partial charge in [0.25, 0.3) is 5.69 Å². The number of hydrogen-bond acceptors (Lipinski definition) is 5. The van der Waals surface area contributed by atoms with E-state index in [9.17, 15) is 14.9 Å². The first kappa shape index (κ1) is 19.3. The molecule has 1 N–H and O–H groups in total. The average Bonchev–Trinajstić information content (AvgIpc) is 2.64. The van der Waals surface area contributed by atoms with Gasteiger partial charge in [0, 0.05) is 55.6 Å². The van der Waals surface area contributed by atoms with E-state index in [2.05, 4.69) is 21.2 Å². The number of amides is 1. The molecule has 142 valence electrons. The summed E-state index contributed by atoms with van der Waals surface area (Å²) in [7, 11) is 0. The van der Waals surface area contributed by atoms with Crippen LogP contribution in [0.5, 0.6) is 0 Å². The second kappa shape index (κ2) is 8.94. The van der Waals surface area contributed by atoms with Crippen LogP contribution in [0.4, 0.5) is 11.4 Å². The molecule has 0 bridgehead atoms. The van der Waals surface area contributed by atoms with Crippen molar-refractivity contribution in [1.82, 2.24) is 9.80 Å². The molecular weight excluding hydrogens is 368 g/mol. The summed E-state index contributed by atoms with van der Waals surface area (Å²) >= 11 is 6.03. The quantitative estimate of drug-likeness (QED) is 0.608. The SMILES string of the molecule is O=C(CN1CCN(Cc2cccc(Cl)c2)CC1)Nc1ccc([N+](=O)[O-])cc1. The second-order valence-electron chi connectivity index (χ2n) is 6.53. The number of rotatable bonds is 6.